The Kier molecular flexibility index (Phi) is 4.46. The number of rotatable bonds is 5. The van der Waals surface area contributed by atoms with Crippen molar-refractivity contribution < 1.29 is 16.8 Å². The number of aromatic nitrogens is 1. The van der Waals surface area contributed by atoms with Gasteiger partial charge in [0.05, 0.1) is 28.3 Å². The van der Waals surface area contributed by atoms with Crippen LogP contribution in [0.4, 0.5) is 11.5 Å². The Morgan fingerprint density at radius 2 is 1.83 bits per heavy atom. The molecule has 128 valence electrons. The minimum Gasteiger partial charge on any atom is -0.380 e. The molecule has 1 saturated heterocycles. The zero-order valence-corrected chi connectivity index (χ0v) is 14.3. The second kappa shape index (κ2) is 6.40. The van der Waals surface area contributed by atoms with Crippen LogP contribution in [-0.4, -0.2) is 39.4 Å². The molecule has 1 fully saturated rings. The lowest BCUT2D eigenvalue weighted by Crippen LogP contribution is -2.20. The summed E-state index contributed by atoms with van der Waals surface area (Å²) in [5, 5.41) is 3.10. The molecule has 1 aliphatic rings. The molecule has 1 aromatic heterocycles. The first-order valence-corrected chi connectivity index (χ1v) is 10.7. The van der Waals surface area contributed by atoms with Crippen LogP contribution in [0.15, 0.2) is 53.6 Å². The predicted octanol–water partition coefficient (Wildman–Crippen LogP) is 1.48. The van der Waals surface area contributed by atoms with E-state index in [0.29, 0.717) is 12.1 Å². The third kappa shape index (κ3) is 4.04. The van der Waals surface area contributed by atoms with E-state index in [9.17, 15) is 16.8 Å². The van der Waals surface area contributed by atoms with Gasteiger partial charge in [-0.1, -0.05) is 18.2 Å². The number of anilines is 2. The maximum absolute atomic E-state index is 12.2. The molecule has 7 nitrogen and oxygen atoms in total. The maximum Gasteiger partial charge on any atom is 0.263 e. The molecule has 0 radical (unpaired) electrons. The van der Waals surface area contributed by atoms with Crippen molar-refractivity contribution in [2.75, 3.05) is 21.5 Å². The number of nitrogens with one attached hydrogen (secondary N) is 2. The van der Waals surface area contributed by atoms with E-state index in [4.69, 9.17) is 0 Å². The lowest BCUT2D eigenvalue weighted by molar-refractivity contribution is 0.599. The van der Waals surface area contributed by atoms with Gasteiger partial charge in [-0.05, 0) is 30.7 Å². The van der Waals surface area contributed by atoms with E-state index in [1.807, 2.05) is 0 Å². The highest BCUT2D eigenvalue weighted by molar-refractivity contribution is 7.92. The lowest BCUT2D eigenvalue weighted by atomic mass is 10.2. The average molecular weight is 367 g/mol. The van der Waals surface area contributed by atoms with Gasteiger partial charge in [0.1, 0.15) is 5.82 Å². The summed E-state index contributed by atoms with van der Waals surface area (Å²) in [5.41, 5.74) is 0.653. The van der Waals surface area contributed by atoms with Crippen molar-refractivity contribution in [3.63, 3.8) is 0 Å². The van der Waals surface area contributed by atoms with Crippen molar-refractivity contribution in [3.8, 4) is 0 Å². The molecular formula is C15H17N3O4S2. The first-order valence-electron chi connectivity index (χ1n) is 7.35. The smallest absolute Gasteiger partial charge is 0.263 e. The van der Waals surface area contributed by atoms with E-state index in [0.717, 1.165) is 0 Å². The van der Waals surface area contributed by atoms with Crippen molar-refractivity contribution in [3.05, 3.63) is 48.7 Å². The highest BCUT2D eigenvalue weighted by Crippen LogP contribution is 2.19. The second-order valence-corrected chi connectivity index (χ2v) is 9.51. The summed E-state index contributed by atoms with van der Waals surface area (Å²) >= 11 is 0. The van der Waals surface area contributed by atoms with Crippen molar-refractivity contribution in [2.45, 2.75) is 17.4 Å². The zero-order valence-electron chi connectivity index (χ0n) is 12.7. The standard InChI is InChI=1S/C15H17N3O4S2/c19-23(20)9-8-13(11-23)17-12-6-7-15(16-10-12)18-24(21,22)14-4-2-1-3-5-14/h1-7,10,13,17H,8-9,11H2,(H,16,18). The number of hydrogen-bond acceptors (Lipinski definition) is 6. The number of sulfone groups is 1. The minimum atomic E-state index is -3.68. The molecule has 1 aromatic carbocycles. The second-order valence-electron chi connectivity index (χ2n) is 5.59. The largest absolute Gasteiger partial charge is 0.380 e. The van der Waals surface area contributed by atoms with E-state index in [1.54, 1.807) is 24.3 Å². The average Bonchev–Trinajstić information content (AvgIpc) is 2.89. The van der Waals surface area contributed by atoms with Gasteiger partial charge in [-0.15, -0.1) is 0 Å². The minimum absolute atomic E-state index is 0.107. The van der Waals surface area contributed by atoms with Gasteiger partial charge in [-0.2, -0.15) is 0 Å². The predicted molar refractivity (Wildman–Crippen MR) is 92.2 cm³/mol. The van der Waals surface area contributed by atoms with Gasteiger partial charge in [0.15, 0.2) is 9.84 Å². The fourth-order valence-electron chi connectivity index (χ4n) is 2.48. The molecule has 1 unspecified atom stereocenters. The number of hydrogen-bond donors (Lipinski definition) is 2. The van der Waals surface area contributed by atoms with Gasteiger partial charge in [0, 0.05) is 6.04 Å². The summed E-state index contributed by atoms with van der Waals surface area (Å²) in [6, 6.07) is 11.1. The van der Waals surface area contributed by atoms with Gasteiger partial charge in [0.25, 0.3) is 10.0 Å². The van der Waals surface area contributed by atoms with Crippen LogP contribution >= 0.6 is 0 Å². The first kappa shape index (κ1) is 16.7. The molecule has 9 heteroatoms. The summed E-state index contributed by atoms with van der Waals surface area (Å²) in [4.78, 5) is 4.22. The van der Waals surface area contributed by atoms with Crippen molar-refractivity contribution in [1.29, 1.82) is 0 Å². The molecule has 1 atom stereocenters. The Hall–Kier alpha value is -2.13. The van der Waals surface area contributed by atoms with E-state index in [2.05, 4.69) is 15.0 Å². The van der Waals surface area contributed by atoms with Gasteiger partial charge >= 0.3 is 0 Å². The Labute approximate surface area is 141 Å². The van der Waals surface area contributed by atoms with Gasteiger partial charge in [0.2, 0.25) is 0 Å². The molecule has 1 aliphatic heterocycles. The third-order valence-electron chi connectivity index (χ3n) is 3.66. The Bertz CT molecular complexity index is 911. The van der Waals surface area contributed by atoms with E-state index < -0.39 is 19.9 Å². The molecule has 0 aliphatic carbocycles. The SMILES string of the molecule is O=S1(=O)CCC(Nc2ccc(NS(=O)(=O)c3ccccc3)nc2)C1. The Balaban J connectivity index is 1.67. The van der Waals surface area contributed by atoms with Crippen LogP contribution in [0.3, 0.4) is 0 Å². The van der Waals surface area contributed by atoms with Gasteiger partial charge in [-0.25, -0.2) is 21.8 Å². The van der Waals surface area contributed by atoms with Crippen molar-refractivity contribution >= 4 is 31.4 Å². The van der Waals surface area contributed by atoms with Crippen LogP contribution in [0, 0.1) is 0 Å². The summed E-state index contributed by atoms with van der Waals surface area (Å²) in [6.45, 7) is 0. The normalized spacial score (nSPS) is 19.8. The molecule has 0 bridgehead atoms. The molecule has 0 amide bonds. The van der Waals surface area contributed by atoms with Crippen molar-refractivity contribution in [2.24, 2.45) is 0 Å². The van der Waals surface area contributed by atoms with Crippen LogP contribution < -0.4 is 10.0 Å². The van der Waals surface area contributed by atoms with Crippen LogP contribution in [0.5, 0.6) is 0 Å². The summed E-state index contributed by atoms with van der Waals surface area (Å²) < 4.78 is 49.7. The van der Waals surface area contributed by atoms with Gasteiger partial charge < -0.3 is 5.32 Å². The fraction of sp³-hybridized carbons (Fsp3) is 0.267. The van der Waals surface area contributed by atoms with E-state index in [-0.39, 0.29) is 28.3 Å². The highest BCUT2D eigenvalue weighted by atomic mass is 32.2. The summed E-state index contributed by atoms with van der Waals surface area (Å²) in [6.07, 6.45) is 2.04. The molecular weight excluding hydrogens is 350 g/mol. The van der Waals surface area contributed by atoms with Crippen LogP contribution in [0.25, 0.3) is 0 Å². The van der Waals surface area contributed by atoms with Crippen LogP contribution in [0.2, 0.25) is 0 Å². The number of sulfonamides is 1. The molecule has 2 aromatic rings. The third-order valence-corrected chi connectivity index (χ3v) is 6.80. The Morgan fingerprint density at radius 3 is 2.42 bits per heavy atom. The molecule has 2 N–H and O–H groups in total. The molecule has 2 heterocycles. The fourth-order valence-corrected chi connectivity index (χ4v) is 5.18. The maximum atomic E-state index is 12.2. The quantitative estimate of drug-likeness (QED) is 0.829. The number of nitrogens with zero attached hydrogens (tertiary/aromatic N) is 1. The van der Waals surface area contributed by atoms with Crippen LogP contribution in [0.1, 0.15) is 6.42 Å². The first-order chi connectivity index (χ1) is 11.3. The topological polar surface area (TPSA) is 105 Å². The molecule has 0 saturated carbocycles. The molecule has 0 spiro atoms. The van der Waals surface area contributed by atoms with Gasteiger partial charge in [-0.3, -0.25) is 4.72 Å². The molecule has 24 heavy (non-hydrogen) atoms. The summed E-state index contributed by atoms with van der Waals surface area (Å²) in [7, 11) is -6.63. The van der Waals surface area contributed by atoms with E-state index >= 15 is 0 Å². The summed E-state index contributed by atoms with van der Waals surface area (Å²) in [5.74, 6) is 0.492. The Morgan fingerprint density at radius 1 is 1.08 bits per heavy atom. The van der Waals surface area contributed by atoms with Crippen LogP contribution in [-0.2, 0) is 19.9 Å². The zero-order chi connectivity index (χ0) is 17.2. The lowest BCUT2D eigenvalue weighted by Gasteiger charge is -2.13. The monoisotopic (exact) mass is 367 g/mol. The highest BCUT2D eigenvalue weighted by Gasteiger charge is 2.27. The van der Waals surface area contributed by atoms with Crippen molar-refractivity contribution in [1.82, 2.24) is 4.98 Å². The number of benzene rings is 1. The number of pyridine rings is 1. The van der Waals surface area contributed by atoms with E-state index in [1.165, 1.54) is 24.4 Å². The molecule has 3 rings (SSSR count).